The van der Waals surface area contributed by atoms with Gasteiger partial charge in [-0.05, 0) is 17.7 Å². The van der Waals surface area contributed by atoms with E-state index < -0.39 is 0 Å². The molecule has 2 rings (SSSR count). The van der Waals surface area contributed by atoms with Crippen LogP contribution in [-0.2, 0) is 5.41 Å². The first kappa shape index (κ1) is 8.11. The van der Waals surface area contributed by atoms with Crippen LogP contribution in [0.25, 0.3) is 0 Å². The topological polar surface area (TPSA) is 12.0 Å². The summed E-state index contributed by atoms with van der Waals surface area (Å²) in [5.41, 5.74) is 2.94. The van der Waals surface area contributed by atoms with Crippen LogP contribution in [0.3, 0.4) is 0 Å². The first-order valence-electron chi connectivity index (χ1n) is 4.14. The van der Waals surface area contributed by atoms with Gasteiger partial charge in [0.1, 0.15) is 0 Å². The van der Waals surface area contributed by atoms with Crippen LogP contribution in [0.1, 0.15) is 19.4 Å². The molecule has 0 aromatic heterocycles. The molecule has 64 valence electrons. The van der Waals surface area contributed by atoms with Crippen LogP contribution in [0, 0.1) is 0 Å². The van der Waals surface area contributed by atoms with Crippen LogP contribution in [0.5, 0.6) is 0 Å². The monoisotopic (exact) mass is 225 g/mol. The quantitative estimate of drug-likeness (QED) is 0.716. The first-order valence-corrected chi connectivity index (χ1v) is 4.93. The van der Waals surface area contributed by atoms with Crippen molar-refractivity contribution in [3.05, 3.63) is 28.2 Å². The van der Waals surface area contributed by atoms with Crippen molar-refractivity contribution in [2.75, 3.05) is 11.9 Å². The number of halogens is 1. The largest absolute Gasteiger partial charge is 0.384 e. The van der Waals surface area contributed by atoms with E-state index in [0.29, 0.717) is 0 Å². The van der Waals surface area contributed by atoms with E-state index >= 15 is 0 Å². The Labute approximate surface area is 81.3 Å². The second-order valence-electron chi connectivity index (χ2n) is 3.90. The average Bonchev–Trinajstić information content (AvgIpc) is 2.29. The van der Waals surface area contributed by atoms with Crippen molar-refractivity contribution in [1.82, 2.24) is 0 Å². The summed E-state index contributed by atoms with van der Waals surface area (Å²) >= 11 is 3.58. The number of hydrogen-bond acceptors (Lipinski definition) is 1. The Bertz CT molecular complexity index is 318. The number of nitrogens with one attached hydrogen (secondary N) is 1. The second-order valence-corrected chi connectivity index (χ2v) is 4.75. The standard InChI is InChI=1S/C10H12BrN/c1-10(2)6-12-8-5-3-4-7(11)9(8)10/h3-5,12H,6H2,1-2H3. The molecule has 1 aromatic carbocycles. The Morgan fingerprint density at radius 1 is 1.42 bits per heavy atom. The number of benzene rings is 1. The highest BCUT2D eigenvalue weighted by Gasteiger charge is 2.31. The molecule has 0 saturated carbocycles. The van der Waals surface area contributed by atoms with Crippen molar-refractivity contribution in [3.8, 4) is 0 Å². The molecule has 0 spiro atoms. The fourth-order valence-corrected chi connectivity index (χ4v) is 2.67. The van der Waals surface area contributed by atoms with E-state index in [1.807, 2.05) is 0 Å². The van der Waals surface area contributed by atoms with Crippen molar-refractivity contribution < 1.29 is 0 Å². The van der Waals surface area contributed by atoms with Crippen molar-refractivity contribution in [3.63, 3.8) is 0 Å². The molecule has 1 aromatic rings. The maximum Gasteiger partial charge on any atom is 0.0390 e. The molecule has 0 radical (unpaired) electrons. The fourth-order valence-electron chi connectivity index (χ4n) is 1.76. The zero-order valence-electron chi connectivity index (χ0n) is 7.32. The predicted molar refractivity (Wildman–Crippen MR) is 55.7 cm³/mol. The van der Waals surface area contributed by atoms with Crippen LogP contribution < -0.4 is 5.32 Å². The maximum atomic E-state index is 3.58. The van der Waals surface area contributed by atoms with Crippen LogP contribution in [-0.4, -0.2) is 6.54 Å². The van der Waals surface area contributed by atoms with Gasteiger partial charge < -0.3 is 5.32 Å². The van der Waals surface area contributed by atoms with Gasteiger partial charge in [-0.1, -0.05) is 35.8 Å². The first-order chi connectivity index (χ1) is 5.61. The van der Waals surface area contributed by atoms with E-state index in [4.69, 9.17) is 0 Å². The lowest BCUT2D eigenvalue weighted by molar-refractivity contribution is 0.584. The van der Waals surface area contributed by atoms with Gasteiger partial charge in [-0.15, -0.1) is 0 Å². The number of anilines is 1. The lowest BCUT2D eigenvalue weighted by atomic mass is 9.87. The van der Waals surface area contributed by atoms with Crippen LogP contribution in [0.4, 0.5) is 5.69 Å². The van der Waals surface area contributed by atoms with Gasteiger partial charge in [-0.25, -0.2) is 0 Å². The van der Waals surface area contributed by atoms with Gasteiger partial charge in [-0.3, -0.25) is 0 Å². The van der Waals surface area contributed by atoms with Gasteiger partial charge in [-0.2, -0.15) is 0 Å². The molecule has 1 N–H and O–H groups in total. The minimum absolute atomic E-state index is 0.259. The third-order valence-corrected chi connectivity index (χ3v) is 3.07. The molecule has 0 saturated heterocycles. The van der Waals surface area contributed by atoms with Gasteiger partial charge >= 0.3 is 0 Å². The van der Waals surface area contributed by atoms with Crippen LogP contribution in [0.2, 0.25) is 0 Å². The molecule has 0 fully saturated rings. The molecule has 2 heteroatoms. The van der Waals surface area contributed by atoms with Gasteiger partial charge in [0.2, 0.25) is 0 Å². The zero-order chi connectivity index (χ0) is 8.77. The molecule has 1 heterocycles. The molecule has 1 aliphatic rings. The Morgan fingerprint density at radius 2 is 2.17 bits per heavy atom. The minimum Gasteiger partial charge on any atom is -0.384 e. The average molecular weight is 226 g/mol. The third-order valence-electron chi connectivity index (χ3n) is 2.41. The summed E-state index contributed by atoms with van der Waals surface area (Å²) in [5, 5.41) is 3.40. The summed E-state index contributed by atoms with van der Waals surface area (Å²) in [6, 6.07) is 6.31. The smallest absolute Gasteiger partial charge is 0.0390 e. The Morgan fingerprint density at radius 3 is 2.83 bits per heavy atom. The molecule has 0 atom stereocenters. The van der Waals surface area contributed by atoms with Crippen LogP contribution in [0.15, 0.2) is 22.7 Å². The Hall–Kier alpha value is -0.500. The minimum atomic E-state index is 0.259. The number of fused-ring (bicyclic) bond motifs is 1. The van der Waals surface area contributed by atoms with Crippen molar-refractivity contribution >= 4 is 21.6 Å². The van der Waals surface area contributed by atoms with E-state index in [1.54, 1.807) is 0 Å². The lowest BCUT2D eigenvalue weighted by Crippen LogP contribution is -2.19. The Kier molecular flexibility index (Phi) is 1.69. The van der Waals surface area contributed by atoms with Gasteiger partial charge in [0.25, 0.3) is 0 Å². The summed E-state index contributed by atoms with van der Waals surface area (Å²) < 4.78 is 1.22. The summed E-state index contributed by atoms with van der Waals surface area (Å²) in [7, 11) is 0. The highest BCUT2D eigenvalue weighted by Crippen LogP contribution is 2.40. The molecule has 1 nitrogen and oxygen atoms in total. The molecule has 0 aliphatic carbocycles. The summed E-state index contributed by atoms with van der Waals surface area (Å²) in [6.45, 7) is 5.55. The second kappa shape index (κ2) is 2.49. The van der Waals surface area contributed by atoms with Gasteiger partial charge in [0, 0.05) is 22.1 Å². The predicted octanol–water partition coefficient (Wildman–Crippen LogP) is 3.15. The van der Waals surface area contributed by atoms with Crippen LogP contribution >= 0.6 is 15.9 Å². The number of rotatable bonds is 0. The summed E-state index contributed by atoms with van der Waals surface area (Å²) in [4.78, 5) is 0. The molecular weight excluding hydrogens is 214 g/mol. The van der Waals surface area contributed by atoms with Gasteiger partial charge in [0.15, 0.2) is 0 Å². The van der Waals surface area contributed by atoms with Crippen molar-refractivity contribution in [2.24, 2.45) is 0 Å². The third kappa shape index (κ3) is 1.06. The molecule has 0 bridgehead atoms. The molecular formula is C10H12BrN. The van der Waals surface area contributed by atoms with Crippen molar-refractivity contribution in [1.29, 1.82) is 0 Å². The SMILES string of the molecule is CC1(C)CNc2cccc(Br)c21. The summed E-state index contributed by atoms with van der Waals surface area (Å²) in [6.07, 6.45) is 0. The van der Waals surface area contributed by atoms with E-state index in [0.717, 1.165) is 6.54 Å². The lowest BCUT2D eigenvalue weighted by Gasteiger charge is -2.18. The van der Waals surface area contributed by atoms with Crippen molar-refractivity contribution in [2.45, 2.75) is 19.3 Å². The summed E-state index contributed by atoms with van der Waals surface area (Å²) in [5.74, 6) is 0. The molecule has 0 unspecified atom stereocenters. The maximum absolute atomic E-state index is 3.58. The van der Waals surface area contributed by atoms with E-state index in [1.165, 1.54) is 15.7 Å². The van der Waals surface area contributed by atoms with E-state index in [-0.39, 0.29) is 5.41 Å². The van der Waals surface area contributed by atoms with E-state index in [9.17, 15) is 0 Å². The fraction of sp³-hybridized carbons (Fsp3) is 0.400. The molecule has 12 heavy (non-hydrogen) atoms. The van der Waals surface area contributed by atoms with E-state index in [2.05, 4.69) is 53.3 Å². The molecule has 0 amide bonds. The highest BCUT2D eigenvalue weighted by molar-refractivity contribution is 9.10. The van der Waals surface area contributed by atoms with Gasteiger partial charge in [0.05, 0.1) is 0 Å². The molecule has 1 aliphatic heterocycles. The number of hydrogen-bond donors (Lipinski definition) is 1. The zero-order valence-corrected chi connectivity index (χ0v) is 8.90. The highest BCUT2D eigenvalue weighted by atomic mass is 79.9. The normalized spacial score (nSPS) is 18.6. The Balaban J connectivity index is 2.64.